The topological polar surface area (TPSA) is 63.8 Å². The maximum Gasteiger partial charge on any atom is 0.0801 e. The summed E-state index contributed by atoms with van der Waals surface area (Å²) in [6.07, 6.45) is 8.89. The first-order chi connectivity index (χ1) is 8.36. The van der Waals surface area contributed by atoms with Crippen LogP contribution in [0.5, 0.6) is 0 Å². The standard InChI is InChI=1S/C12H22N4S/c1-2-10-12(17-16-15-10)11(14-13)9-7-5-3-4-6-8-9/h9,11,14H,2-8,13H2,1H3. The number of nitrogens with one attached hydrogen (secondary N) is 1. The number of aryl methyl sites for hydroxylation is 1. The molecule has 0 radical (unpaired) electrons. The van der Waals surface area contributed by atoms with E-state index < -0.39 is 0 Å². The molecular weight excluding hydrogens is 232 g/mol. The van der Waals surface area contributed by atoms with Gasteiger partial charge in [-0.15, -0.1) is 5.10 Å². The van der Waals surface area contributed by atoms with Gasteiger partial charge in [0.2, 0.25) is 0 Å². The van der Waals surface area contributed by atoms with Gasteiger partial charge in [-0.05, 0) is 36.7 Å². The second-order valence-corrected chi connectivity index (χ2v) is 5.62. The molecular formula is C12H22N4S. The number of hydrogen-bond donors (Lipinski definition) is 2. The first kappa shape index (κ1) is 12.9. The molecule has 0 saturated heterocycles. The second-order valence-electron chi connectivity index (χ2n) is 4.83. The molecule has 1 aromatic rings. The molecule has 0 amide bonds. The Morgan fingerprint density at radius 2 is 2.06 bits per heavy atom. The Bertz CT molecular complexity index is 331. The average molecular weight is 254 g/mol. The van der Waals surface area contributed by atoms with Gasteiger partial charge in [0.25, 0.3) is 0 Å². The van der Waals surface area contributed by atoms with E-state index in [4.69, 9.17) is 5.84 Å². The van der Waals surface area contributed by atoms with E-state index in [0.29, 0.717) is 5.92 Å². The highest BCUT2D eigenvalue weighted by atomic mass is 32.1. The van der Waals surface area contributed by atoms with Crippen molar-refractivity contribution in [1.82, 2.24) is 15.0 Å². The Morgan fingerprint density at radius 3 is 2.65 bits per heavy atom. The van der Waals surface area contributed by atoms with Gasteiger partial charge < -0.3 is 0 Å². The number of rotatable bonds is 4. The van der Waals surface area contributed by atoms with Crippen molar-refractivity contribution in [2.24, 2.45) is 11.8 Å². The van der Waals surface area contributed by atoms with Crippen LogP contribution in [0.1, 0.15) is 62.1 Å². The number of aromatic nitrogens is 2. The molecule has 2 rings (SSSR count). The summed E-state index contributed by atoms with van der Waals surface area (Å²) in [6.45, 7) is 2.13. The lowest BCUT2D eigenvalue weighted by Crippen LogP contribution is -2.33. The summed E-state index contributed by atoms with van der Waals surface area (Å²) in [5.41, 5.74) is 4.12. The normalized spacial score (nSPS) is 20.1. The van der Waals surface area contributed by atoms with Crippen LogP contribution in [0.25, 0.3) is 0 Å². The fraction of sp³-hybridized carbons (Fsp3) is 0.833. The Kier molecular flexibility index (Phi) is 4.88. The number of hydrazine groups is 1. The molecule has 1 aliphatic carbocycles. The molecule has 1 fully saturated rings. The molecule has 3 N–H and O–H groups in total. The Morgan fingerprint density at radius 1 is 1.35 bits per heavy atom. The van der Waals surface area contributed by atoms with Crippen LogP contribution >= 0.6 is 11.5 Å². The summed E-state index contributed by atoms with van der Waals surface area (Å²) in [7, 11) is 0. The quantitative estimate of drug-likeness (QED) is 0.492. The number of nitrogens with two attached hydrogens (primary N) is 1. The van der Waals surface area contributed by atoms with E-state index in [1.165, 1.54) is 54.9 Å². The summed E-state index contributed by atoms with van der Waals surface area (Å²) in [6, 6.07) is 0.253. The molecule has 0 spiro atoms. The molecule has 1 heterocycles. The molecule has 5 heteroatoms. The molecule has 1 unspecified atom stereocenters. The van der Waals surface area contributed by atoms with Crippen LogP contribution in [0.2, 0.25) is 0 Å². The van der Waals surface area contributed by atoms with Crippen LogP contribution in [0.15, 0.2) is 0 Å². The van der Waals surface area contributed by atoms with Gasteiger partial charge in [0.1, 0.15) is 0 Å². The van der Waals surface area contributed by atoms with Crippen LogP contribution in [0.3, 0.4) is 0 Å². The maximum atomic E-state index is 5.77. The third-order valence-electron chi connectivity index (χ3n) is 3.75. The van der Waals surface area contributed by atoms with E-state index in [-0.39, 0.29) is 6.04 Å². The van der Waals surface area contributed by atoms with Crippen LogP contribution in [-0.2, 0) is 6.42 Å². The lowest BCUT2D eigenvalue weighted by Gasteiger charge is -2.24. The fourth-order valence-electron chi connectivity index (χ4n) is 2.77. The van der Waals surface area contributed by atoms with Gasteiger partial charge in [0.15, 0.2) is 0 Å². The zero-order valence-electron chi connectivity index (χ0n) is 10.5. The summed E-state index contributed by atoms with van der Waals surface area (Å²) in [5.74, 6) is 6.42. The van der Waals surface area contributed by atoms with Gasteiger partial charge in [-0.1, -0.05) is 37.1 Å². The van der Waals surface area contributed by atoms with Crippen LogP contribution in [0, 0.1) is 5.92 Å². The van der Waals surface area contributed by atoms with E-state index in [0.717, 1.165) is 12.1 Å². The highest BCUT2D eigenvalue weighted by Gasteiger charge is 2.26. The average Bonchev–Trinajstić information content (AvgIpc) is 2.65. The molecule has 1 aromatic heterocycles. The van der Waals surface area contributed by atoms with E-state index in [1.54, 1.807) is 0 Å². The molecule has 0 aliphatic heterocycles. The van der Waals surface area contributed by atoms with Crippen molar-refractivity contribution < 1.29 is 0 Å². The molecule has 17 heavy (non-hydrogen) atoms. The van der Waals surface area contributed by atoms with Crippen molar-refractivity contribution in [2.75, 3.05) is 0 Å². The lowest BCUT2D eigenvalue weighted by atomic mass is 9.90. The van der Waals surface area contributed by atoms with Crippen LogP contribution in [0.4, 0.5) is 0 Å². The SMILES string of the molecule is CCc1nnsc1C(NN)C1CCCCCC1. The Labute approximate surface area is 107 Å². The third-order valence-corrected chi connectivity index (χ3v) is 4.60. The minimum atomic E-state index is 0.253. The molecule has 0 bridgehead atoms. The third kappa shape index (κ3) is 3.03. The lowest BCUT2D eigenvalue weighted by molar-refractivity contribution is 0.331. The maximum absolute atomic E-state index is 5.77. The summed E-state index contributed by atoms with van der Waals surface area (Å²) in [4.78, 5) is 1.25. The van der Waals surface area contributed by atoms with Gasteiger partial charge in [-0.3, -0.25) is 11.3 Å². The fourth-order valence-corrected chi connectivity index (χ4v) is 3.66. The molecule has 1 atom stereocenters. The first-order valence-corrected chi connectivity index (χ1v) is 7.41. The number of nitrogens with zero attached hydrogens (tertiary/aromatic N) is 2. The number of hydrogen-bond acceptors (Lipinski definition) is 5. The van der Waals surface area contributed by atoms with Gasteiger partial charge in [-0.2, -0.15) is 0 Å². The van der Waals surface area contributed by atoms with E-state index in [2.05, 4.69) is 21.9 Å². The smallest absolute Gasteiger partial charge is 0.0801 e. The predicted molar refractivity (Wildman–Crippen MR) is 70.5 cm³/mol. The molecule has 96 valence electrons. The van der Waals surface area contributed by atoms with Gasteiger partial charge in [-0.25, -0.2) is 0 Å². The zero-order chi connectivity index (χ0) is 12.1. The van der Waals surface area contributed by atoms with Gasteiger partial charge in [0, 0.05) is 0 Å². The van der Waals surface area contributed by atoms with E-state index in [9.17, 15) is 0 Å². The van der Waals surface area contributed by atoms with Crippen molar-refractivity contribution in [2.45, 2.75) is 57.9 Å². The van der Waals surface area contributed by atoms with E-state index in [1.807, 2.05) is 0 Å². The molecule has 1 aliphatic rings. The van der Waals surface area contributed by atoms with Crippen LogP contribution in [-0.4, -0.2) is 9.59 Å². The van der Waals surface area contributed by atoms with Crippen molar-refractivity contribution in [3.8, 4) is 0 Å². The minimum absolute atomic E-state index is 0.253. The second kappa shape index (κ2) is 6.42. The van der Waals surface area contributed by atoms with Crippen molar-refractivity contribution >= 4 is 11.5 Å². The highest BCUT2D eigenvalue weighted by molar-refractivity contribution is 7.05. The highest BCUT2D eigenvalue weighted by Crippen LogP contribution is 2.35. The summed E-state index contributed by atoms with van der Waals surface area (Å²) >= 11 is 1.50. The minimum Gasteiger partial charge on any atom is -0.271 e. The molecule has 4 nitrogen and oxygen atoms in total. The Hall–Kier alpha value is -0.520. The van der Waals surface area contributed by atoms with Gasteiger partial charge in [0.05, 0.1) is 16.6 Å². The predicted octanol–water partition coefficient (Wildman–Crippen LogP) is 2.58. The Balaban J connectivity index is 2.14. The molecule has 1 saturated carbocycles. The van der Waals surface area contributed by atoms with Crippen molar-refractivity contribution in [1.29, 1.82) is 0 Å². The monoisotopic (exact) mass is 254 g/mol. The first-order valence-electron chi connectivity index (χ1n) is 6.64. The zero-order valence-corrected chi connectivity index (χ0v) is 11.3. The molecule has 0 aromatic carbocycles. The van der Waals surface area contributed by atoms with Gasteiger partial charge >= 0.3 is 0 Å². The van der Waals surface area contributed by atoms with E-state index >= 15 is 0 Å². The van der Waals surface area contributed by atoms with Crippen molar-refractivity contribution in [3.05, 3.63) is 10.6 Å². The van der Waals surface area contributed by atoms with Crippen LogP contribution < -0.4 is 11.3 Å². The largest absolute Gasteiger partial charge is 0.271 e. The summed E-state index contributed by atoms with van der Waals surface area (Å²) in [5, 5.41) is 4.19. The summed E-state index contributed by atoms with van der Waals surface area (Å²) < 4.78 is 4.08. The van der Waals surface area contributed by atoms with Crippen molar-refractivity contribution in [3.63, 3.8) is 0 Å².